The Morgan fingerprint density at radius 2 is 1.86 bits per heavy atom. The zero-order valence-corrected chi connectivity index (χ0v) is 11.9. The Balaban J connectivity index is 2.00. The lowest BCUT2D eigenvalue weighted by Gasteiger charge is -2.10. The van der Waals surface area contributed by atoms with Gasteiger partial charge in [-0.3, -0.25) is 4.79 Å². The van der Waals surface area contributed by atoms with Gasteiger partial charge in [-0.05, 0) is 29.7 Å². The molecule has 0 fully saturated rings. The van der Waals surface area contributed by atoms with Crippen LogP contribution in [0.5, 0.6) is 11.5 Å². The predicted octanol–water partition coefficient (Wildman–Crippen LogP) is 3.08. The van der Waals surface area contributed by atoms with Gasteiger partial charge in [0.05, 0.1) is 7.11 Å². The third kappa shape index (κ3) is 4.53. The molecule has 4 nitrogen and oxygen atoms in total. The van der Waals surface area contributed by atoms with Crippen molar-refractivity contribution in [2.24, 2.45) is 0 Å². The molecule has 0 aliphatic heterocycles. The third-order valence-corrected chi connectivity index (χ3v) is 3.11. The Kier molecular flexibility index (Phi) is 5.21. The zero-order chi connectivity index (χ0) is 15.1. The van der Waals surface area contributed by atoms with Crippen LogP contribution in [0, 0.1) is 0 Å². The molecule has 0 saturated carbocycles. The molecule has 0 amide bonds. The highest BCUT2D eigenvalue weighted by atomic mass is 16.5. The number of esters is 1. The summed E-state index contributed by atoms with van der Waals surface area (Å²) in [6.45, 7) is 0.384. The van der Waals surface area contributed by atoms with E-state index in [0.717, 1.165) is 11.1 Å². The number of hydrogen-bond acceptors (Lipinski definition) is 4. The van der Waals surface area contributed by atoms with E-state index >= 15 is 0 Å². The molecule has 0 spiro atoms. The van der Waals surface area contributed by atoms with Crippen molar-refractivity contribution in [2.45, 2.75) is 19.4 Å². The number of aryl methyl sites for hydroxylation is 1. The zero-order valence-electron chi connectivity index (χ0n) is 11.9. The van der Waals surface area contributed by atoms with Crippen molar-refractivity contribution in [3.63, 3.8) is 0 Å². The molecule has 2 aromatic carbocycles. The molecule has 0 aromatic heterocycles. The van der Waals surface area contributed by atoms with Crippen molar-refractivity contribution in [1.29, 1.82) is 0 Å². The minimum atomic E-state index is -0.255. The Hall–Kier alpha value is -2.49. The summed E-state index contributed by atoms with van der Waals surface area (Å²) in [6.07, 6.45) is 0.855. The highest BCUT2D eigenvalue weighted by Gasteiger charge is 2.07. The molecular weight excluding hydrogens is 268 g/mol. The summed E-state index contributed by atoms with van der Waals surface area (Å²) in [5.41, 5.74) is 1.94. The van der Waals surface area contributed by atoms with Gasteiger partial charge < -0.3 is 14.6 Å². The average molecular weight is 286 g/mol. The summed E-state index contributed by atoms with van der Waals surface area (Å²) >= 11 is 0. The minimum absolute atomic E-state index is 0.0905. The molecule has 0 unspecified atom stereocenters. The van der Waals surface area contributed by atoms with Crippen LogP contribution in [0.4, 0.5) is 0 Å². The summed E-state index contributed by atoms with van der Waals surface area (Å²) in [6, 6.07) is 14.8. The Morgan fingerprint density at radius 3 is 2.57 bits per heavy atom. The monoisotopic (exact) mass is 286 g/mol. The highest BCUT2D eigenvalue weighted by molar-refractivity contribution is 5.69. The standard InChI is InChI=1S/C17H18O4/c1-20-17(19)10-8-13-7-9-15(18)16(11-13)21-12-14-5-3-2-4-6-14/h2-7,9,11,18H,8,10,12H2,1H3. The normalized spacial score (nSPS) is 10.1. The van der Waals surface area contributed by atoms with Crippen molar-refractivity contribution < 1.29 is 19.4 Å². The van der Waals surface area contributed by atoms with Gasteiger partial charge in [0.1, 0.15) is 6.61 Å². The summed E-state index contributed by atoms with van der Waals surface area (Å²) in [5, 5.41) is 9.82. The molecule has 21 heavy (non-hydrogen) atoms. The van der Waals surface area contributed by atoms with E-state index in [4.69, 9.17) is 4.74 Å². The number of phenols is 1. The van der Waals surface area contributed by atoms with E-state index in [1.54, 1.807) is 18.2 Å². The van der Waals surface area contributed by atoms with Crippen LogP contribution in [-0.2, 0) is 22.6 Å². The van der Waals surface area contributed by atoms with Crippen LogP contribution >= 0.6 is 0 Å². The second-order valence-electron chi connectivity index (χ2n) is 4.65. The predicted molar refractivity (Wildman–Crippen MR) is 79.2 cm³/mol. The van der Waals surface area contributed by atoms with Crippen molar-refractivity contribution in [1.82, 2.24) is 0 Å². The van der Waals surface area contributed by atoms with E-state index in [9.17, 15) is 9.90 Å². The topological polar surface area (TPSA) is 55.8 Å². The lowest BCUT2D eigenvalue weighted by Crippen LogP contribution is -2.02. The van der Waals surface area contributed by atoms with Crippen molar-refractivity contribution in [3.05, 3.63) is 59.7 Å². The largest absolute Gasteiger partial charge is 0.504 e. The number of methoxy groups -OCH3 is 1. The van der Waals surface area contributed by atoms with Crippen LogP contribution < -0.4 is 4.74 Å². The Morgan fingerprint density at radius 1 is 1.10 bits per heavy atom. The van der Waals surface area contributed by atoms with Crippen molar-refractivity contribution in [3.8, 4) is 11.5 Å². The number of phenolic OH excluding ortho intramolecular Hbond substituents is 1. The number of rotatable bonds is 6. The second-order valence-corrected chi connectivity index (χ2v) is 4.65. The minimum Gasteiger partial charge on any atom is -0.504 e. The van der Waals surface area contributed by atoms with Crippen LogP contribution in [0.1, 0.15) is 17.5 Å². The smallest absolute Gasteiger partial charge is 0.305 e. The first kappa shape index (κ1) is 14.9. The fourth-order valence-electron chi connectivity index (χ4n) is 1.91. The third-order valence-electron chi connectivity index (χ3n) is 3.11. The Bertz CT molecular complexity index is 593. The SMILES string of the molecule is COC(=O)CCc1ccc(O)c(OCc2ccccc2)c1. The molecule has 0 aliphatic carbocycles. The van der Waals surface area contributed by atoms with E-state index in [1.807, 2.05) is 30.3 Å². The van der Waals surface area contributed by atoms with Crippen molar-refractivity contribution >= 4 is 5.97 Å². The van der Waals surface area contributed by atoms with Gasteiger partial charge >= 0.3 is 5.97 Å². The van der Waals surface area contributed by atoms with Crippen LogP contribution in [0.15, 0.2) is 48.5 Å². The summed E-state index contributed by atoms with van der Waals surface area (Å²) < 4.78 is 10.2. The number of carbonyl (C=O) groups excluding carboxylic acids is 1. The molecule has 0 radical (unpaired) electrons. The van der Waals surface area contributed by atoms with Crippen LogP contribution in [-0.4, -0.2) is 18.2 Å². The van der Waals surface area contributed by atoms with E-state index in [2.05, 4.69) is 4.74 Å². The molecule has 1 N–H and O–H groups in total. The fourth-order valence-corrected chi connectivity index (χ4v) is 1.91. The quantitative estimate of drug-likeness (QED) is 0.829. The first-order valence-corrected chi connectivity index (χ1v) is 6.74. The van der Waals surface area contributed by atoms with E-state index in [-0.39, 0.29) is 11.7 Å². The number of ether oxygens (including phenoxy) is 2. The van der Waals surface area contributed by atoms with Gasteiger partial charge in [-0.1, -0.05) is 36.4 Å². The lowest BCUT2D eigenvalue weighted by atomic mass is 10.1. The van der Waals surface area contributed by atoms with E-state index in [0.29, 0.717) is 25.2 Å². The summed E-state index contributed by atoms with van der Waals surface area (Å²) in [5.74, 6) is 0.254. The maximum absolute atomic E-state index is 11.1. The Labute approximate surface area is 123 Å². The molecule has 4 heteroatoms. The first-order valence-electron chi connectivity index (χ1n) is 6.74. The number of benzene rings is 2. The van der Waals surface area contributed by atoms with Crippen LogP contribution in [0.2, 0.25) is 0 Å². The molecule has 0 heterocycles. The van der Waals surface area contributed by atoms with Crippen LogP contribution in [0.25, 0.3) is 0 Å². The number of carbonyl (C=O) groups is 1. The van der Waals surface area contributed by atoms with Gasteiger partial charge in [0, 0.05) is 6.42 Å². The average Bonchev–Trinajstić information content (AvgIpc) is 2.53. The molecule has 0 bridgehead atoms. The molecule has 0 saturated heterocycles. The maximum atomic E-state index is 11.1. The van der Waals surface area contributed by atoms with E-state index < -0.39 is 0 Å². The van der Waals surface area contributed by atoms with Gasteiger partial charge in [-0.25, -0.2) is 0 Å². The molecule has 0 atom stereocenters. The number of aromatic hydroxyl groups is 1. The maximum Gasteiger partial charge on any atom is 0.305 e. The van der Waals surface area contributed by atoms with Crippen molar-refractivity contribution in [2.75, 3.05) is 7.11 Å². The molecule has 110 valence electrons. The van der Waals surface area contributed by atoms with Gasteiger partial charge in [0.15, 0.2) is 11.5 Å². The van der Waals surface area contributed by atoms with Gasteiger partial charge in [0.2, 0.25) is 0 Å². The number of hydrogen-bond donors (Lipinski definition) is 1. The molecule has 0 aliphatic rings. The molecule has 2 aromatic rings. The highest BCUT2D eigenvalue weighted by Crippen LogP contribution is 2.28. The van der Waals surface area contributed by atoms with E-state index in [1.165, 1.54) is 7.11 Å². The van der Waals surface area contributed by atoms with Gasteiger partial charge in [0.25, 0.3) is 0 Å². The van der Waals surface area contributed by atoms with Gasteiger partial charge in [-0.2, -0.15) is 0 Å². The summed E-state index contributed by atoms with van der Waals surface area (Å²) in [4.78, 5) is 11.1. The molecule has 2 rings (SSSR count). The molecular formula is C17H18O4. The summed E-state index contributed by atoms with van der Waals surface area (Å²) in [7, 11) is 1.37. The van der Waals surface area contributed by atoms with Crippen LogP contribution in [0.3, 0.4) is 0 Å². The lowest BCUT2D eigenvalue weighted by molar-refractivity contribution is -0.140. The fraction of sp³-hybridized carbons (Fsp3) is 0.235. The second kappa shape index (κ2) is 7.33. The van der Waals surface area contributed by atoms with Gasteiger partial charge in [-0.15, -0.1) is 0 Å². The first-order chi connectivity index (χ1) is 10.2.